The van der Waals surface area contributed by atoms with Crippen LogP contribution in [0.1, 0.15) is 0 Å². The van der Waals surface area contributed by atoms with Crippen molar-refractivity contribution < 1.29 is 19.3 Å². The van der Waals surface area contributed by atoms with Crippen molar-refractivity contribution in [3.63, 3.8) is 0 Å². The lowest BCUT2D eigenvalue weighted by atomic mass is 10.2. The molecule has 138 valence electrons. The van der Waals surface area contributed by atoms with Gasteiger partial charge in [-0.3, -0.25) is 19.8 Å². The Morgan fingerprint density at radius 3 is 2.72 bits per heavy atom. The molecule has 1 aliphatic rings. The number of aliphatic hydroxyl groups is 1. The van der Waals surface area contributed by atoms with Crippen molar-refractivity contribution in [3.8, 4) is 0 Å². The van der Waals surface area contributed by atoms with E-state index in [1.807, 2.05) is 7.05 Å². The number of hydrazine groups is 1. The third-order valence-electron chi connectivity index (χ3n) is 4.49. The molecule has 0 aliphatic carbocycles. The molecule has 2 rings (SSSR count). The number of carbonyl (C=O) groups excluding carboxylic acids is 1. The van der Waals surface area contributed by atoms with Gasteiger partial charge in [-0.1, -0.05) is 6.07 Å². The molecular formula is C16H26N5O4+. The summed E-state index contributed by atoms with van der Waals surface area (Å²) in [7, 11) is 4.10. The van der Waals surface area contributed by atoms with Gasteiger partial charge in [0, 0.05) is 31.8 Å². The number of benzene rings is 1. The summed E-state index contributed by atoms with van der Waals surface area (Å²) >= 11 is 0. The minimum atomic E-state index is -0.494. The highest BCUT2D eigenvalue weighted by molar-refractivity contribution is 5.93. The number of hydrogen-bond acceptors (Lipinski definition) is 6. The maximum absolute atomic E-state index is 12.9. The molecule has 1 amide bonds. The molecule has 0 spiro atoms. The molecule has 0 unspecified atom stereocenters. The van der Waals surface area contributed by atoms with Gasteiger partial charge < -0.3 is 9.59 Å². The van der Waals surface area contributed by atoms with Crippen LogP contribution in [-0.2, 0) is 4.79 Å². The fraction of sp³-hybridized carbons (Fsp3) is 0.562. The molecular weight excluding hydrogens is 326 g/mol. The molecule has 25 heavy (non-hydrogen) atoms. The van der Waals surface area contributed by atoms with Crippen LogP contribution in [0.15, 0.2) is 24.3 Å². The predicted molar refractivity (Wildman–Crippen MR) is 94.0 cm³/mol. The standard InChI is InChI=1S/C16H26N5O4/c1-18-7-9-21(2,10-8-18)13-16(23)19(17-6-11-22)14-4-3-5-15(12-14)20(24)25/h3-5,12,17,22H,6-11,13H2,1-2H3/q+1. The van der Waals surface area contributed by atoms with Crippen molar-refractivity contribution in [2.45, 2.75) is 0 Å². The molecule has 0 atom stereocenters. The van der Waals surface area contributed by atoms with Crippen LogP contribution in [0.4, 0.5) is 11.4 Å². The number of carbonyl (C=O) groups is 1. The minimum absolute atomic E-state index is 0.0823. The molecule has 1 fully saturated rings. The third-order valence-corrected chi connectivity index (χ3v) is 4.49. The van der Waals surface area contributed by atoms with Crippen molar-refractivity contribution in [2.24, 2.45) is 0 Å². The normalized spacial score (nSPS) is 17.2. The second-order valence-electron chi connectivity index (χ2n) is 6.67. The van der Waals surface area contributed by atoms with Gasteiger partial charge in [-0.15, -0.1) is 0 Å². The van der Waals surface area contributed by atoms with E-state index in [1.165, 1.54) is 17.1 Å². The lowest BCUT2D eigenvalue weighted by Gasteiger charge is -2.41. The Labute approximate surface area is 147 Å². The summed E-state index contributed by atoms with van der Waals surface area (Å²) in [6.45, 7) is 3.90. The first kappa shape index (κ1) is 19.3. The van der Waals surface area contributed by atoms with E-state index in [0.717, 1.165) is 26.2 Å². The smallest absolute Gasteiger partial charge is 0.296 e. The Hall–Kier alpha value is -2.07. The van der Waals surface area contributed by atoms with Crippen molar-refractivity contribution in [2.75, 3.05) is 65.0 Å². The van der Waals surface area contributed by atoms with Gasteiger partial charge in [0.2, 0.25) is 0 Å². The van der Waals surface area contributed by atoms with Gasteiger partial charge in [-0.05, 0) is 13.1 Å². The number of non-ortho nitro benzene ring substituents is 1. The topological polar surface area (TPSA) is 99.0 Å². The van der Waals surface area contributed by atoms with Gasteiger partial charge in [0.15, 0.2) is 6.54 Å². The van der Waals surface area contributed by atoms with Crippen LogP contribution in [0.25, 0.3) is 0 Å². The second-order valence-corrected chi connectivity index (χ2v) is 6.67. The molecule has 1 aromatic carbocycles. The molecule has 0 aromatic heterocycles. The largest absolute Gasteiger partial charge is 0.395 e. The lowest BCUT2D eigenvalue weighted by molar-refractivity contribution is -0.905. The van der Waals surface area contributed by atoms with E-state index in [9.17, 15) is 14.9 Å². The van der Waals surface area contributed by atoms with Gasteiger partial charge in [0.25, 0.3) is 11.6 Å². The number of nitrogens with one attached hydrogen (secondary N) is 1. The monoisotopic (exact) mass is 352 g/mol. The number of nitrogens with zero attached hydrogens (tertiary/aromatic N) is 4. The molecule has 0 saturated carbocycles. The molecule has 1 aliphatic heterocycles. The quantitative estimate of drug-likeness (QED) is 0.401. The highest BCUT2D eigenvalue weighted by atomic mass is 16.6. The highest BCUT2D eigenvalue weighted by Gasteiger charge is 2.32. The van der Waals surface area contributed by atoms with Crippen LogP contribution in [0.5, 0.6) is 0 Å². The molecule has 2 N–H and O–H groups in total. The molecule has 9 heteroatoms. The van der Waals surface area contributed by atoms with E-state index < -0.39 is 4.92 Å². The number of nitro groups is 1. The van der Waals surface area contributed by atoms with Gasteiger partial charge >= 0.3 is 0 Å². The van der Waals surface area contributed by atoms with E-state index in [2.05, 4.69) is 17.4 Å². The van der Waals surface area contributed by atoms with Gasteiger partial charge in [-0.2, -0.15) is 0 Å². The number of amides is 1. The molecule has 0 bridgehead atoms. The average Bonchev–Trinajstić information content (AvgIpc) is 2.58. The molecule has 9 nitrogen and oxygen atoms in total. The average molecular weight is 352 g/mol. The summed E-state index contributed by atoms with van der Waals surface area (Å²) in [5.74, 6) is -0.180. The third kappa shape index (κ3) is 5.20. The molecule has 1 saturated heterocycles. The maximum Gasteiger partial charge on any atom is 0.296 e. The van der Waals surface area contributed by atoms with Crippen molar-refractivity contribution in [3.05, 3.63) is 34.4 Å². The number of likely N-dealkylation sites (N-methyl/N-ethyl adjacent to an activating group) is 2. The summed E-state index contributed by atoms with van der Waals surface area (Å²) < 4.78 is 0.620. The highest BCUT2D eigenvalue weighted by Crippen LogP contribution is 2.21. The van der Waals surface area contributed by atoms with Crippen LogP contribution in [0.2, 0.25) is 0 Å². The van der Waals surface area contributed by atoms with Gasteiger partial charge in [0.05, 0.1) is 37.4 Å². The fourth-order valence-electron chi connectivity index (χ4n) is 2.83. The number of nitro benzene ring substituents is 1. The minimum Gasteiger partial charge on any atom is -0.395 e. The summed E-state index contributed by atoms with van der Waals surface area (Å²) in [6.07, 6.45) is 0. The number of piperazine rings is 1. The van der Waals surface area contributed by atoms with Crippen LogP contribution in [0, 0.1) is 10.1 Å². The Bertz CT molecular complexity index is 616. The molecule has 0 radical (unpaired) electrons. The summed E-state index contributed by atoms with van der Waals surface area (Å²) in [5, 5.41) is 21.4. The molecule has 1 heterocycles. The first-order chi connectivity index (χ1) is 11.8. The van der Waals surface area contributed by atoms with E-state index in [4.69, 9.17) is 5.11 Å². The number of anilines is 1. The summed E-state index contributed by atoms with van der Waals surface area (Å²) in [6, 6.07) is 5.92. The predicted octanol–water partition coefficient (Wildman–Crippen LogP) is -0.183. The zero-order chi connectivity index (χ0) is 18.4. The van der Waals surface area contributed by atoms with Crippen molar-refractivity contribution in [1.82, 2.24) is 10.3 Å². The van der Waals surface area contributed by atoms with Crippen LogP contribution in [0.3, 0.4) is 0 Å². The fourth-order valence-corrected chi connectivity index (χ4v) is 2.83. The van der Waals surface area contributed by atoms with E-state index in [0.29, 0.717) is 10.2 Å². The van der Waals surface area contributed by atoms with Crippen LogP contribution in [-0.4, -0.2) is 85.3 Å². The first-order valence-corrected chi connectivity index (χ1v) is 8.28. The number of aliphatic hydroxyl groups excluding tert-OH is 1. The Kier molecular flexibility index (Phi) is 6.43. The number of quaternary nitrogens is 1. The lowest BCUT2D eigenvalue weighted by Crippen LogP contribution is -2.61. The number of rotatable bonds is 7. The first-order valence-electron chi connectivity index (χ1n) is 8.28. The summed E-state index contributed by atoms with van der Waals surface area (Å²) in [5.41, 5.74) is 3.17. The second kappa shape index (κ2) is 8.34. The Morgan fingerprint density at radius 2 is 2.12 bits per heavy atom. The zero-order valence-electron chi connectivity index (χ0n) is 14.7. The summed E-state index contributed by atoms with van der Waals surface area (Å²) in [4.78, 5) is 25.6. The Morgan fingerprint density at radius 1 is 1.44 bits per heavy atom. The van der Waals surface area contributed by atoms with E-state index in [-0.39, 0.29) is 31.3 Å². The maximum atomic E-state index is 12.9. The van der Waals surface area contributed by atoms with Gasteiger partial charge in [-0.25, -0.2) is 10.4 Å². The molecule has 1 aromatic rings. The van der Waals surface area contributed by atoms with Crippen molar-refractivity contribution >= 4 is 17.3 Å². The zero-order valence-corrected chi connectivity index (χ0v) is 14.7. The van der Waals surface area contributed by atoms with Crippen LogP contribution >= 0.6 is 0 Å². The van der Waals surface area contributed by atoms with Gasteiger partial charge in [0.1, 0.15) is 0 Å². The van der Waals surface area contributed by atoms with Crippen LogP contribution < -0.4 is 10.4 Å². The number of hydrogen-bond donors (Lipinski definition) is 2. The van der Waals surface area contributed by atoms with E-state index >= 15 is 0 Å². The Balaban J connectivity index is 2.17. The SMILES string of the molecule is CN1CC[N+](C)(CC(=O)N(NCCO)c2cccc([N+](=O)[O-])c2)CC1. The van der Waals surface area contributed by atoms with Crippen molar-refractivity contribution in [1.29, 1.82) is 0 Å². The van der Waals surface area contributed by atoms with E-state index in [1.54, 1.807) is 12.1 Å².